The van der Waals surface area contributed by atoms with Gasteiger partial charge in [0.25, 0.3) is 0 Å². The topological polar surface area (TPSA) is 29.5 Å². The number of nitrogens with zero attached hydrogens (tertiary/aromatic N) is 1. The molecule has 0 aromatic carbocycles. The third-order valence-corrected chi connectivity index (χ3v) is 11.3. The van der Waals surface area contributed by atoms with Gasteiger partial charge >= 0.3 is 0 Å². The maximum absolute atomic E-state index is 13.1. The highest BCUT2D eigenvalue weighted by Crippen LogP contribution is 2.39. The van der Waals surface area contributed by atoms with Crippen molar-refractivity contribution in [2.75, 3.05) is 5.75 Å². The minimum atomic E-state index is -1.94. The van der Waals surface area contributed by atoms with Gasteiger partial charge in [-0.05, 0) is 30.0 Å². The van der Waals surface area contributed by atoms with Crippen LogP contribution in [0.4, 0.5) is 0 Å². The summed E-state index contributed by atoms with van der Waals surface area (Å²) < 4.78 is 7.20. The van der Waals surface area contributed by atoms with Crippen LogP contribution in [-0.4, -0.2) is 41.3 Å². The highest BCUT2D eigenvalue weighted by molar-refractivity contribution is 8.23. The Hall–Kier alpha value is -0.173. The fourth-order valence-corrected chi connectivity index (χ4v) is 5.70. The van der Waals surface area contributed by atoms with Crippen LogP contribution in [0.15, 0.2) is 12.7 Å². The summed E-state index contributed by atoms with van der Waals surface area (Å²) in [5.74, 6) is 0.962. The number of thioether (sulfide) groups is 1. The first-order valence-corrected chi connectivity index (χ1v) is 13.3. The van der Waals surface area contributed by atoms with Crippen molar-refractivity contribution in [3.05, 3.63) is 12.7 Å². The van der Waals surface area contributed by atoms with Gasteiger partial charge < -0.3 is 4.43 Å². The quantitative estimate of drug-likeness (QED) is 0.328. The molecule has 0 N–H and O–H groups in total. The zero-order valence-electron chi connectivity index (χ0n) is 17.1. The van der Waals surface area contributed by atoms with E-state index in [2.05, 4.69) is 61.2 Å². The predicted molar refractivity (Wildman–Crippen MR) is 117 cm³/mol. The molecule has 1 aliphatic rings. The standard InChI is InChI=1S/C19H35NO2S2Si/c1-10-11-14(22-25(8,9)19(5,6)7)12-16(21)20-15(18(2,3)4)13-24-17(20)23/h10,14-15H,1,11-13H2,2-9H3/t14-,15-/m1/s1. The van der Waals surface area contributed by atoms with Crippen molar-refractivity contribution >= 4 is 42.5 Å². The highest BCUT2D eigenvalue weighted by Gasteiger charge is 2.43. The van der Waals surface area contributed by atoms with Gasteiger partial charge in [-0.2, -0.15) is 0 Å². The van der Waals surface area contributed by atoms with Gasteiger partial charge in [-0.3, -0.25) is 9.69 Å². The summed E-state index contributed by atoms with van der Waals surface area (Å²) in [6.07, 6.45) is 2.78. The van der Waals surface area contributed by atoms with Crippen LogP contribution in [0.2, 0.25) is 18.1 Å². The molecule has 0 aliphatic carbocycles. The van der Waals surface area contributed by atoms with Gasteiger partial charge in [0, 0.05) is 5.75 Å². The molecule has 0 aromatic rings. The van der Waals surface area contributed by atoms with Gasteiger partial charge in [-0.25, -0.2) is 0 Å². The Labute approximate surface area is 165 Å². The largest absolute Gasteiger partial charge is 0.413 e. The van der Waals surface area contributed by atoms with Crippen molar-refractivity contribution in [2.24, 2.45) is 5.41 Å². The Balaban J connectivity index is 2.92. The molecular weight excluding hydrogens is 366 g/mol. The van der Waals surface area contributed by atoms with E-state index in [1.165, 1.54) is 0 Å². The molecule has 25 heavy (non-hydrogen) atoms. The molecule has 6 heteroatoms. The van der Waals surface area contributed by atoms with Crippen molar-refractivity contribution in [3.63, 3.8) is 0 Å². The van der Waals surface area contributed by atoms with Gasteiger partial charge in [0.1, 0.15) is 4.32 Å². The van der Waals surface area contributed by atoms with E-state index in [0.717, 1.165) is 5.75 Å². The third-order valence-electron chi connectivity index (χ3n) is 5.24. The summed E-state index contributed by atoms with van der Waals surface area (Å²) in [4.78, 5) is 14.9. The first-order valence-electron chi connectivity index (χ1n) is 8.98. The molecule has 2 atom stereocenters. The van der Waals surface area contributed by atoms with Gasteiger partial charge in [0.2, 0.25) is 5.91 Å². The Morgan fingerprint density at radius 3 is 2.40 bits per heavy atom. The lowest BCUT2D eigenvalue weighted by Gasteiger charge is -2.40. The summed E-state index contributed by atoms with van der Waals surface area (Å²) in [7, 11) is -1.94. The molecule has 0 spiro atoms. The van der Waals surface area contributed by atoms with E-state index < -0.39 is 8.32 Å². The second kappa shape index (κ2) is 8.24. The molecule has 1 amide bonds. The molecule has 0 radical (unpaired) electrons. The van der Waals surface area contributed by atoms with E-state index >= 15 is 0 Å². The van der Waals surface area contributed by atoms with E-state index in [-0.39, 0.29) is 28.5 Å². The Morgan fingerprint density at radius 1 is 1.40 bits per heavy atom. The first-order chi connectivity index (χ1) is 11.2. The molecule has 1 aliphatic heterocycles. The van der Waals surface area contributed by atoms with Gasteiger partial charge in [-0.15, -0.1) is 6.58 Å². The Bertz CT molecular complexity index is 520. The van der Waals surface area contributed by atoms with Crippen LogP contribution in [0.5, 0.6) is 0 Å². The number of hydrogen-bond acceptors (Lipinski definition) is 4. The maximum Gasteiger partial charge on any atom is 0.230 e. The second-order valence-corrected chi connectivity index (χ2v) is 15.9. The summed E-state index contributed by atoms with van der Waals surface area (Å²) in [6, 6.07) is 0.148. The van der Waals surface area contributed by atoms with Crippen molar-refractivity contribution in [3.8, 4) is 0 Å². The average Bonchev–Trinajstić information content (AvgIpc) is 2.79. The Kier molecular flexibility index (Phi) is 7.53. The number of hydrogen-bond donors (Lipinski definition) is 0. The van der Waals surface area contributed by atoms with Crippen molar-refractivity contribution in [1.29, 1.82) is 0 Å². The molecule has 0 unspecified atom stereocenters. The predicted octanol–water partition coefficient (Wildman–Crippen LogP) is 5.62. The SMILES string of the molecule is C=CC[C@H](CC(=O)N1C(=S)SC[C@@H]1C(C)(C)C)O[Si](C)(C)C(C)(C)C. The minimum absolute atomic E-state index is 0.0114. The molecule has 1 saturated heterocycles. The van der Waals surface area contributed by atoms with E-state index in [1.807, 2.05) is 11.0 Å². The Morgan fingerprint density at radius 2 is 1.96 bits per heavy atom. The van der Waals surface area contributed by atoms with Crippen molar-refractivity contribution < 1.29 is 9.22 Å². The zero-order chi connectivity index (χ0) is 19.6. The van der Waals surface area contributed by atoms with Crippen LogP contribution < -0.4 is 0 Å². The molecule has 0 saturated carbocycles. The van der Waals surface area contributed by atoms with Crippen LogP contribution in [0, 0.1) is 5.41 Å². The molecule has 144 valence electrons. The summed E-state index contributed by atoms with van der Waals surface area (Å²) in [6.45, 7) is 21.4. The third kappa shape index (κ3) is 5.91. The summed E-state index contributed by atoms with van der Waals surface area (Å²) >= 11 is 7.08. The fraction of sp³-hybridized carbons (Fsp3) is 0.789. The van der Waals surface area contributed by atoms with Crippen LogP contribution in [-0.2, 0) is 9.22 Å². The van der Waals surface area contributed by atoms with E-state index in [1.54, 1.807) is 11.8 Å². The lowest BCUT2D eigenvalue weighted by molar-refractivity contribution is -0.131. The molecule has 1 rings (SSSR count). The zero-order valence-corrected chi connectivity index (χ0v) is 19.8. The van der Waals surface area contributed by atoms with E-state index in [0.29, 0.717) is 17.2 Å². The van der Waals surface area contributed by atoms with Crippen LogP contribution in [0.3, 0.4) is 0 Å². The maximum atomic E-state index is 13.1. The van der Waals surface area contributed by atoms with Gasteiger partial charge in [-0.1, -0.05) is 71.6 Å². The number of carbonyl (C=O) groups excluding carboxylic acids is 1. The number of thiocarbonyl (C=S) groups is 1. The normalized spacial score (nSPS) is 20.7. The lowest BCUT2D eigenvalue weighted by atomic mass is 9.87. The van der Waals surface area contributed by atoms with Crippen LogP contribution >= 0.6 is 24.0 Å². The van der Waals surface area contributed by atoms with Crippen LogP contribution in [0.1, 0.15) is 54.4 Å². The molecule has 3 nitrogen and oxygen atoms in total. The highest BCUT2D eigenvalue weighted by atomic mass is 32.2. The van der Waals surface area contributed by atoms with Gasteiger partial charge in [0.15, 0.2) is 8.32 Å². The minimum Gasteiger partial charge on any atom is -0.413 e. The average molecular weight is 402 g/mol. The second-order valence-electron chi connectivity index (χ2n) is 9.45. The molecular formula is C19H35NO2S2Si. The number of amides is 1. The summed E-state index contributed by atoms with van der Waals surface area (Å²) in [5.41, 5.74) is 0.0114. The molecule has 0 bridgehead atoms. The van der Waals surface area contributed by atoms with Crippen molar-refractivity contribution in [2.45, 2.75) is 84.7 Å². The smallest absolute Gasteiger partial charge is 0.230 e. The monoisotopic (exact) mass is 401 g/mol. The van der Waals surface area contributed by atoms with Gasteiger partial charge in [0.05, 0.1) is 18.6 Å². The fourth-order valence-electron chi connectivity index (χ4n) is 2.58. The molecule has 1 heterocycles. The molecule has 0 aromatic heterocycles. The first kappa shape index (κ1) is 22.9. The summed E-state index contributed by atoms with van der Waals surface area (Å²) in [5, 5.41) is 0.113. The lowest BCUT2D eigenvalue weighted by Crippen LogP contribution is -2.48. The number of rotatable bonds is 6. The number of carbonyl (C=O) groups is 1. The van der Waals surface area contributed by atoms with Crippen molar-refractivity contribution in [1.82, 2.24) is 4.90 Å². The van der Waals surface area contributed by atoms with Crippen LogP contribution in [0.25, 0.3) is 0 Å². The molecule has 1 fully saturated rings. The van der Waals surface area contributed by atoms with E-state index in [9.17, 15) is 4.79 Å². The van der Waals surface area contributed by atoms with E-state index in [4.69, 9.17) is 16.6 Å².